The lowest BCUT2D eigenvalue weighted by atomic mass is 10.0. The lowest BCUT2D eigenvalue weighted by Gasteiger charge is -2.22. The van der Waals surface area contributed by atoms with Gasteiger partial charge in [-0.15, -0.1) is 0 Å². The molecule has 7 heteroatoms. The Kier molecular flexibility index (Phi) is 3.68. The van der Waals surface area contributed by atoms with Gasteiger partial charge in [-0.25, -0.2) is 4.39 Å². The number of carboxylic acids is 1. The third-order valence-corrected chi connectivity index (χ3v) is 4.67. The van der Waals surface area contributed by atoms with E-state index in [0.29, 0.717) is 28.3 Å². The first kappa shape index (κ1) is 15.0. The molecule has 22 heavy (non-hydrogen) atoms. The molecule has 0 aliphatic carbocycles. The van der Waals surface area contributed by atoms with Gasteiger partial charge in [-0.3, -0.25) is 9.59 Å². The number of carbonyl (C=O) groups is 2. The van der Waals surface area contributed by atoms with Crippen molar-refractivity contribution in [3.63, 3.8) is 0 Å². The Balaban J connectivity index is 1.93. The number of fused-ring (bicyclic) bond motifs is 1. The number of hydrogen-bond donors (Lipinski definition) is 2. The Labute approximate surface area is 134 Å². The van der Waals surface area contributed by atoms with Crippen LogP contribution in [0.5, 0.6) is 0 Å². The normalized spacial score (nSPS) is 21.5. The minimum Gasteiger partial charge on any atom is -0.481 e. The van der Waals surface area contributed by atoms with Crippen LogP contribution in [0.25, 0.3) is 10.9 Å². The molecule has 0 bridgehead atoms. The number of likely N-dealkylation sites (tertiary alicyclic amines) is 1. The molecular weight excluding hydrogens is 355 g/mol. The predicted octanol–water partition coefficient (Wildman–Crippen LogP) is 3.00. The molecule has 116 valence electrons. The number of rotatable bonds is 2. The highest BCUT2D eigenvalue weighted by Gasteiger charge is 2.38. The standard InChI is InChI=1S/C15H14BrFN2O3/c1-7-9(15(21)22)2-3-19(7)14(20)13-6-10-11(17)4-8(16)5-12(10)18-13/h4-7,9,18H,2-3H2,1H3,(H,21,22). The zero-order chi connectivity index (χ0) is 16.0. The van der Waals surface area contributed by atoms with Crippen molar-refractivity contribution in [2.75, 3.05) is 6.54 Å². The summed E-state index contributed by atoms with van der Waals surface area (Å²) in [5.41, 5.74) is 0.793. The number of amides is 1. The van der Waals surface area contributed by atoms with Crippen molar-refractivity contribution in [1.82, 2.24) is 9.88 Å². The largest absolute Gasteiger partial charge is 0.481 e. The van der Waals surface area contributed by atoms with Crippen LogP contribution in [0.2, 0.25) is 0 Å². The van der Waals surface area contributed by atoms with Crippen LogP contribution in [0.15, 0.2) is 22.7 Å². The molecule has 1 aliphatic heterocycles. The first-order valence-corrected chi connectivity index (χ1v) is 7.69. The van der Waals surface area contributed by atoms with E-state index in [4.69, 9.17) is 5.11 Å². The van der Waals surface area contributed by atoms with E-state index < -0.39 is 17.7 Å². The van der Waals surface area contributed by atoms with Gasteiger partial charge < -0.3 is 15.0 Å². The van der Waals surface area contributed by atoms with Gasteiger partial charge in [0.25, 0.3) is 5.91 Å². The summed E-state index contributed by atoms with van der Waals surface area (Å²) in [6.07, 6.45) is 0.433. The molecule has 2 N–H and O–H groups in total. The summed E-state index contributed by atoms with van der Waals surface area (Å²) in [6.45, 7) is 2.11. The first-order chi connectivity index (χ1) is 10.4. The number of H-pyrrole nitrogens is 1. The van der Waals surface area contributed by atoms with Gasteiger partial charge in [0.15, 0.2) is 0 Å². The van der Waals surface area contributed by atoms with Gasteiger partial charge in [0.2, 0.25) is 0 Å². The molecule has 2 unspecified atom stereocenters. The number of benzene rings is 1. The summed E-state index contributed by atoms with van der Waals surface area (Å²) in [7, 11) is 0. The zero-order valence-electron chi connectivity index (χ0n) is 11.8. The van der Waals surface area contributed by atoms with Crippen molar-refractivity contribution in [3.8, 4) is 0 Å². The van der Waals surface area contributed by atoms with Crippen LogP contribution in [-0.2, 0) is 4.79 Å². The molecule has 0 spiro atoms. The molecular formula is C15H14BrFN2O3. The number of aromatic nitrogens is 1. The molecule has 2 aromatic rings. The van der Waals surface area contributed by atoms with Crippen molar-refractivity contribution < 1.29 is 19.1 Å². The number of hydrogen-bond acceptors (Lipinski definition) is 2. The fourth-order valence-electron chi connectivity index (χ4n) is 2.99. The summed E-state index contributed by atoms with van der Waals surface area (Å²) in [5.74, 6) is -2.17. The molecule has 5 nitrogen and oxygen atoms in total. The van der Waals surface area contributed by atoms with Gasteiger partial charge >= 0.3 is 5.97 Å². The van der Waals surface area contributed by atoms with Crippen molar-refractivity contribution in [2.24, 2.45) is 5.92 Å². The zero-order valence-corrected chi connectivity index (χ0v) is 13.4. The number of nitrogens with zero attached hydrogens (tertiary/aromatic N) is 1. The molecule has 0 radical (unpaired) electrons. The van der Waals surface area contributed by atoms with E-state index in [-0.39, 0.29) is 17.6 Å². The van der Waals surface area contributed by atoms with Crippen LogP contribution >= 0.6 is 15.9 Å². The van der Waals surface area contributed by atoms with Crippen LogP contribution in [0, 0.1) is 11.7 Å². The van der Waals surface area contributed by atoms with Gasteiger partial charge in [0.05, 0.1) is 11.4 Å². The Morgan fingerprint density at radius 1 is 1.41 bits per heavy atom. The minimum absolute atomic E-state index is 0.268. The highest BCUT2D eigenvalue weighted by Crippen LogP contribution is 2.28. The topological polar surface area (TPSA) is 73.4 Å². The van der Waals surface area contributed by atoms with Crippen LogP contribution in [0.1, 0.15) is 23.8 Å². The smallest absolute Gasteiger partial charge is 0.308 e. The number of aromatic amines is 1. The third kappa shape index (κ3) is 2.39. The van der Waals surface area contributed by atoms with Gasteiger partial charge in [-0.2, -0.15) is 0 Å². The number of aliphatic carboxylic acids is 1. The average molecular weight is 369 g/mol. The Bertz CT molecular complexity index is 773. The molecule has 1 fully saturated rings. The first-order valence-electron chi connectivity index (χ1n) is 6.90. The second-order valence-corrected chi connectivity index (χ2v) is 6.42. The summed E-state index contributed by atoms with van der Waals surface area (Å²) in [6, 6.07) is 4.12. The van der Waals surface area contributed by atoms with Crippen molar-refractivity contribution in [1.29, 1.82) is 0 Å². The number of nitrogens with one attached hydrogen (secondary N) is 1. The number of carbonyl (C=O) groups excluding carboxylic acids is 1. The summed E-state index contributed by atoms with van der Waals surface area (Å²) >= 11 is 3.21. The molecule has 2 heterocycles. The Morgan fingerprint density at radius 2 is 2.14 bits per heavy atom. The SMILES string of the molecule is CC1C(C(=O)O)CCN1C(=O)c1cc2c(F)cc(Br)cc2[nH]1. The predicted molar refractivity (Wildman–Crippen MR) is 82.2 cm³/mol. The van der Waals surface area contributed by atoms with Gasteiger partial charge in [-0.05, 0) is 31.5 Å². The Morgan fingerprint density at radius 3 is 2.77 bits per heavy atom. The van der Waals surface area contributed by atoms with Crippen LogP contribution in [-0.4, -0.2) is 39.5 Å². The van der Waals surface area contributed by atoms with Gasteiger partial charge in [-0.1, -0.05) is 15.9 Å². The second-order valence-electron chi connectivity index (χ2n) is 5.50. The van der Waals surface area contributed by atoms with E-state index in [9.17, 15) is 14.0 Å². The summed E-state index contributed by atoms with van der Waals surface area (Å²) in [5, 5.41) is 9.48. The average Bonchev–Trinajstić information content (AvgIpc) is 3.01. The maximum atomic E-state index is 13.9. The van der Waals surface area contributed by atoms with E-state index >= 15 is 0 Å². The monoisotopic (exact) mass is 368 g/mol. The highest BCUT2D eigenvalue weighted by atomic mass is 79.9. The molecule has 0 saturated carbocycles. The summed E-state index contributed by atoms with van der Waals surface area (Å²) in [4.78, 5) is 28.1. The lowest BCUT2D eigenvalue weighted by molar-refractivity contribution is -0.142. The lowest BCUT2D eigenvalue weighted by Crippen LogP contribution is -2.37. The van der Waals surface area contributed by atoms with Crippen LogP contribution < -0.4 is 0 Å². The fourth-order valence-corrected chi connectivity index (χ4v) is 3.42. The summed E-state index contributed by atoms with van der Waals surface area (Å²) < 4.78 is 14.5. The van der Waals surface area contributed by atoms with Crippen molar-refractivity contribution >= 4 is 38.7 Å². The molecule has 1 amide bonds. The second kappa shape index (κ2) is 5.39. The fraction of sp³-hybridized carbons (Fsp3) is 0.333. The van der Waals surface area contributed by atoms with Gasteiger partial charge in [0, 0.05) is 22.4 Å². The van der Waals surface area contributed by atoms with Crippen molar-refractivity contribution in [3.05, 3.63) is 34.2 Å². The van der Waals surface area contributed by atoms with Crippen molar-refractivity contribution in [2.45, 2.75) is 19.4 Å². The van der Waals surface area contributed by atoms with E-state index in [0.717, 1.165) is 0 Å². The van der Waals surface area contributed by atoms with E-state index in [1.54, 1.807) is 13.0 Å². The molecule has 1 saturated heterocycles. The highest BCUT2D eigenvalue weighted by molar-refractivity contribution is 9.10. The van der Waals surface area contributed by atoms with E-state index in [1.807, 2.05) is 0 Å². The quantitative estimate of drug-likeness (QED) is 0.855. The van der Waals surface area contributed by atoms with Crippen LogP contribution in [0.3, 0.4) is 0 Å². The third-order valence-electron chi connectivity index (χ3n) is 4.22. The Hall–Kier alpha value is -1.89. The maximum Gasteiger partial charge on any atom is 0.308 e. The molecule has 1 aromatic heterocycles. The molecule has 2 atom stereocenters. The van der Waals surface area contributed by atoms with E-state index in [2.05, 4.69) is 20.9 Å². The van der Waals surface area contributed by atoms with Gasteiger partial charge in [0.1, 0.15) is 11.5 Å². The molecule has 3 rings (SSSR count). The molecule has 1 aromatic carbocycles. The van der Waals surface area contributed by atoms with Crippen LogP contribution in [0.4, 0.5) is 4.39 Å². The van der Waals surface area contributed by atoms with E-state index in [1.165, 1.54) is 17.0 Å². The minimum atomic E-state index is -0.894. The molecule has 1 aliphatic rings. The maximum absolute atomic E-state index is 13.9. The number of halogens is 2. The number of carboxylic acid groups (broad SMARTS) is 1.